The molecule has 0 aromatic heterocycles. The number of fused-ring (bicyclic) bond motifs is 1. The maximum atomic E-state index is 12.3. The van der Waals surface area contributed by atoms with Crippen LogP contribution in [0.15, 0.2) is 0 Å². The highest BCUT2D eigenvalue weighted by Gasteiger charge is 2.43. The second-order valence-electron chi connectivity index (χ2n) is 6.29. The molecule has 5 heteroatoms. The van der Waals surface area contributed by atoms with Gasteiger partial charge in [0.05, 0.1) is 12.0 Å². The van der Waals surface area contributed by atoms with Crippen LogP contribution in [0.3, 0.4) is 0 Å². The quantitative estimate of drug-likeness (QED) is 0.704. The van der Waals surface area contributed by atoms with E-state index in [-0.39, 0.29) is 23.9 Å². The largest absolute Gasteiger partial charge is 0.481 e. The summed E-state index contributed by atoms with van der Waals surface area (Å²) in [6, 6.07) is 0.00670. The van der Waals surface area contributed by atoms with E-state index in [1.807, 2.05) is 0 Å². The van der Waals surface area contributed by atoms with Crippen LogP contribution in [0.25, 0.3) is 0 Å². The van der Waals surface area contributed by atoms with E-state index in [0.717, 1.165) is 19.4 Å². The van der Waals surface area contributed by atoms with Crippen molar-refractivity contribution in [2.75, 3.05) is 6.54 Å². The van der Waals surface area contributed by atoms with Gasteiger partial charge in [-0.25, -0.2) is 0 Å². The van der Waals surface area contributed by atoms with Crippen LogP contribution in [-0.4, -0.2) is 35.6 Å². The van der Waals surface area contributed by atoms with E-state index < -0.39 is 5.97 Å². The van der Waals surface area contributed by atoms with Crippen molar-refractivity contribution in [3.8, 4) is 0 Å². The average molecular weight is 266 g/mol. The number of hydrogen-bond acceptors (Lipinski definition) is 3. The first-order chi connectivity index (χ1) is 9.15. The van der Waals surface area contributed by atoms with Crippen molar-refractivity contribution >= 4 is 11.9 Å². The number of carbonyl (C=O) groups is 2. The van der Waals surface area contributed by atoms with E-state index in [0.29, 0.717) is 24.7 Å². The van der Waals surface area contributed by atoms with Gasteiger partial charge in [-0.1, -0.05) is 6.42 Å². The molecule has 3 rings (SSSR count). The number of aliphatic carboxylic acids is 1. The van der Waals surface area contributed by atoms with Gasteiger partial charge in [0.1, 0.15) is 0 Å². The van der Waals surface area contributed by atoms with Gasteiger partial charge in [0.2, 0.25) is 5.91 Å². The zero-order chi connectivity index (χ0) is 13.4. The Hall–Kier alpha value is -1.10. The number of amides is 1. The van der Waals surface area contributed by atoms with E-state index in [9.17, 15) is 9.59 Å². The van der Waals surface area contributed by atoms with Crippen LogP contribution >= 0.6 is 0 Å². The van der Waals surface area contributed by atoms with E-state index in [4.69, 9.17) is 5.11 Å². The standard InChI is InChI=1S/C14H22N2O3/c17-13(12-11-3-1-2-9(11)7-15-12)16-10-5-4-8(6-10)14(18)19/h8-12,15H,1-7H2,(H,16,17)(H,18,19). The highest BCUT2D eigenvalue weighted by Crippen LogP contribution is 2.38. The second kappa shape index (κ2) is 5.12. The predicted molar refractivity (Wildman–Crippen MR) is 69.5 cm³/mol. The molecule has 19 heavy (non-hydrogen) atoms. The molecule has 5 nitrogen and oxygen atoms in total. The molecule has 1 saturated heterocycles. The molecule has 1 aliphatic heterocycles. The first kappa shape index (κ1) is 12.9. The average Bonchev–Trinajstić information content (AvgIpc) is 3.03. The summed E-state index contributed by atoms with van der Waals surface area (Å²) in [6.45, 7) is 0.963. The Balaban J connectivity index is 1.53. The monoisotopic (exact) mass is 266 g/mol. The molecular weight excluding hydrogens is 244 g/mol. The number of hydrogen-bond donors (Lipinski definition) is 3. The van der Waals surface area contributed by atoms with E-state index in [1.54, 1.807) is 0 Å². The lowest BCUT2D eigenvalue weighted by atomic mass is 9.93. The molecule has 0 bridgehead atoms. The molecule has 1 amide bonds. The lowest BCUT2D eigenvalue weighted by molar-refractivity contribution is -0.141. The maximum absolute atomic E-state index is 12.3. The Morgan fingerprint density at radius 1 is 1.16 bits per heavy atom. The summed E-state index contributed by atoms with van der Waals surface area (Å²) in [5.41, 5.74) is 0. The highest BCUT2D eigenvalue weighted by atomic mass is 16.4. The molecule has 3 fully saturated rings. The highest BCUT2D eigenvalue weighted by molar-refractivity contribution is 5.83. The molecule has 106 valence electrons. The summed E-state index contributed by atoms with van der Waals surface area (Å²) in [4.78, 5) is 23.2. The van der Waals surface area contributed by atoms with Crippen molar-refractivity contribution in [3.05, 3.63) is 0 Å². The predicted octanol–water partition coefficient (Wildman–Crippen LogP) is 0.744. The lowest BCUT2D eigenvalue weighted by Gasteiger charge is -2.20. The normalized spacial score (nSPS) is 41.2. The van der Waals surface area contributed by atoms with Gasteiger partial charge in [-0.05, 0) is 50.5 Å². The minimum atomic E-state index is -0.730. The van der Waals surface area contributed by atoms with Gasteiger partial charge in [-0.3, -0.25) is 9.59 Å². The minimum Gasteiger partial charge on any atom is -0.481 e. The second-order valence-corrected chi connectivity index (χ2v) is 6.29. The molecule has 0 aromatic rings. The van der Waals surface area contributed by atoms with Crippen LogP contribution in [0.2, 0.25) is 0 Å². The molecule has 5 atom stereocenters. The van der Waals surface area contributed by atoms with E-state index in [2.05, 4.69) is 10.6 Å². The maximum Gasteiger partial charge on any atom is 0.306 e. The fourth-order valence-electron chi connectivity index (χ4n) is 4.10. The zero-order valence-electron chi connectivity index (χ0n) is 11.1. The summed E-state index contributed by atoms with van der Waals surface area (Å²) < 4.78 is 0. The van der Waals surface area contributed by atoms with Crippen molar-refractivity contribution in [2.24, 2.45) is 17.8 Å². The Kier molecular flexibility index (Phi) is 3.48. The van der Waals surface area contributed by atoms with E-state index >= 15 is 0 Å². The van der Waals surface area contributed by atoms with Crippen LogP contribution in [0, 0.1) is 17.8 Å². The van der Waals surface area contributed by atoms with Gasteiger partial charge in [0, 0.05) is 6.04 Å². The third-order valence-corrected chi connectivity index (χ3v) is 5.16. The van der Waals surface area contributed by atoms with Crippen LogP contribution in [-0.2, 0) is 9.59 Å². The Morgan fingerprint density at radius 3 is 2.74 bits per heavy atom. The Bertz CT molecular complexity index is 385. The topological polar surface area (TPSA) is 78.4 Å². The van der Waals surface area contributed by atoms with Crippen molar-refractivity contribution < 1.29 is 14.7 Å². The van der Waals surface area contributed by atoms with Crippen molar-refractivity contribution in [3.63, 3.8) is 0 Å². The lowest BCUT2D eigenvalue weighted by Crippen LogP contribution is -2.47. The Morgan fingerprint density at radius 2 is 2.00 bits per heavy atom. The van der Waals surface area contributed by atoms with Crippen LogP contribution in [0.1, 0.15) is 38.5 Å². The van der Waals surface area contributed by atoms with Gasteiger partial charge in [-0.15, -0.1) is 0 Å². The van der Waals surface area contributed by atoms with Gasteiger partial charge >= 0.3 is 5.97 Å². The number of carboxylic acids is 1. The molecule has 1 heterocycles. The number of rotatable bonds is 3. The molecule has 2 aliphatic carbocycles. The van der Waals surface area contributed by atoms with Gasteiger partial charge in [-0.2, -0.15) is 0 Å². The molecule has 3 aliphatic rings. The van der Waals surface area contributed by atoms with E-state index in [1.165, 1.54) is 12.8 Å². The van der Waals surface area contributed by atoms with Crippen LogP contribution in [0.5, 0.6) is 0 Å². The summed E-state index contributed by atoms with van der Waals surface area (Å²) in [7, 11) is 0. The minimum absolute atomic E-state index is 0.0450. The molecular formula is C14H22N2O3. The zero-order valence-corrected chi connectivity index (χ0v) is 11.1. The van der Waals surface area contributed by atoms with Crippen molar-refractivity contribution in [1.29, 1.82) is 0 Å². The summed E-state index contributed by atoms with van der Waals surface area (Å²) >= 11 is 0. The molecule has 2 saturated carbocycles. The summed E-state index contributed by atoms with van der Waals surface area (Å²) in [6.07, 6.45) is 5.70. The molecule has 0 radical (unpaired) electrons. The fourth-order valence-corrected chi connectivity index (χ4v) is 4.10. The van der Waals surface area contributed by atoms with Gasteiger partial charge in [0.25, 0.3) is 0 Å². The molecule has 0 spiro atoms. The van der Waals surface area contributed by atoms with Gasteiger partial charge in [0.15, 0.2) is 0 Å². The first-order valence-corrected chi connectivity index (χ1v) is 7.41. The smallest absolute Gasteiger partial charge is 0.306 e. The van der Waals surface area contributed by atoms with Crippen LogP contribution in [0.4, 0.5) is 0 Å². The SMILES string of the molecule is O=C(O)C1CCC(NC(=O)C2NCC3CCCC32)C1. The van der Waals surface area contributed by atoms with Crippen molar-refractivity contribution in [1.82, 2.24) is 10.6 Å². The molecule has 3 N–H and O–H groups in total. The molecule has 0 aromatic carbocycles. The first-order valence-electron chi connectivity index (χ1n) is 7.41. The number of nitrogens with one attached hydrogen (secondary N) is 2. The van der Waals surface area contributed by atoms with Gasteiger partial charge < -0.3 is 15.7 Å². The third kappa shape index (κ3) is 2.48. The summed E-state index contributed by atoms with van der Waals surface area (Å²) in [5.74, 6) is 0.251. The third-order valence-electron chi connectivity index (χ3n) is 5.16. The fraction of sp³-hybridized carbons (Fsp3) is 0.857. The number of carbonyl (C=O) groups excluding carboxylic acids is 1. The molecule has 5 unspecified atom stereocenters. The summed E-state index contributed by atoms with van der Waals surface area (Å²) in [5, 5.41) is 15.4. The number of carboxylic acid groups (broad SMARTS) is 1. The van der Waals surface area contributed by atoms with Crippen LogP contribution < -0.4 is 10.6 Å². The Labute approximate surface area is 113 Å². The van der Waals surface area contributed by atoms with Crippen molar-refractivity contribution in [2.45, 2.75) is 50.6 Å².